The molecular weight excluding hydrogens is 402 g/mol. The Morgan fingerprint density at radius 1 is 1.23 bits per heavy atom. The molecule has 2 aliphatic rings. The molecule has 0 amide bonds. The minimum atomic E-state index is -0.105. The van der Waals surface area contributed by atoms with E-state index < -0.39 is 0 Å². The molecule has 1 aromatic carbocycles. The van der Waals surface area contributed by atoms with Crippen LogP contribution in [-0.2, 0) is 16.0 Å². The van der Waals surface area contributed by atoms with E-state index in [0.717, 1.165) is 55.5 Å². The van der Waals surface area contributed by atoms with Crippen LogP contribution in [0.3, 0.4) is 0 Å². The quantitative estimate of drug-likeness (QED) is 0.653. The number of aromatic nitrogens is 1. The van der Waals surface area contributed by atoms with Gasteiger partial charge in [0.2, 0.25) is 0 Å². The van der Waals surface area contributed by atoms with Crippen LogP contribution in [0.5, 0.6) is 5.75 Å². The minimum Gasteiger partial charge on any atom is -0.497 e. The first-order chi connectivity index (χ1) is 14.6. The van der Waals surface area contributed by atoms with Crippen LogP contribution in [0.4, 0.5) is 0 Å². The topological polar surface area (TPSA) is 75.8 Å². The fourth-order valence-electron chi connectivity index (χ4n) is 4.05. The summed E-state index contributed by atoms with van der Waals surface area (Å²) < 4.78 is 16.8. The normalized spacial score (nSPS) is 21.1. The monoisotopic (exact) mass is 431 g/mol. The predicted octanol–water partition coefficient (Wildman–Crippen LogP) is 2.57. The molecule has 4 rings (SSSR count). The van der Waals surface area contributed by atoms with Crippen LogP contribution in [-0.4, -0.2) is 60.6 Å². The molecule has 2 aromatic rings. The first kappa shape index (κ1) is 21.1. The van der Waals surface area contributed by atoms with E-state index in [1.165, 1.54) is 0 Å². The van der Waals surface area contributed by atoms with Crippen molar-refractivity contribution in [3.05, 3.63) is 40.2 Å². The maximum absolute atomic E-state index is 12.7. The van der Waals surface area contributed by atoms with Crippen LogP contribution < -0.4 is 15.6 Å². The van der Waals surface area contributed by atoms with Gasteiger partial charge in [0.15, 0.2) is 5.11 Å². The third-order valence-electron chi connectivity index (χ3n) is 5.73. The van der Waals surface area contributed by atoms with Crippen LogP contribution in [0.1, 0.15) is 31.2 Å². The Morgan fingerprint density at radius 2 is 2.00 bits per heavy atom. The number of methoxy groups -OCH3 is 1. The number of H-pyrrole nitrogens is 1. The van der Waals surface area contributed by atoms with E-state index in [1.807, 2.05) is 29.2 Å². The van der Waals surface area contributed by atoms with Crippen molar-refractivity contribution < 1.29 is 14.2 Å². The van der Waals surface area contributed by atoms with E-state index in [2.05, 4.69) is 10.3 Å². The Hall–Kier alpha value is -2.16. The SMILES string of the molecule is COc1ccc2[nH]c(=O)c(CN(C[C@@H]3CCCO3)C(=S)NC[C@@H]3CCCO3)cc2c1. The highest BCUT2D eigenvalue weighted by molar-refractivity contribution is 7.80. The highest BCUT2D eigenvalue weighted by Crippen LogP contribution is 2.20. The van der Waals surface area contributed by atoms with Crippen LogP contribution in [0.2, 0.25) is 0 Å². The molecule has 3 heterocycles. The molecule has 2 N–H and O–H groups in total. The second-order valence-corrected chi connectivity index (χ2v) is 8.30. The van der Waals surface area contributed by atoms with Crippen molar-refractivity contribution in [3.63, 3.8) is 0 Å². The molecule has 0 saturated carbocycles. The number of benzene rings is 1. The van der Waals surface area contributed by atoms with Crippen molar-refractivity contribution in [1.29, 1.82) is 0 Å². The fraction of sp³-hybridized carbons (Fsp3) is 0.545. The van der Waals surface area contributed by atoms with Crippen molar-refractivity contribution in [2.24, 2.45) is 0 Å². The average Bonchev–Trinajstić information content (AvgIpc) is 3.46. The molecule has 7 nitrogen and oxygen atoms in total. The third kappa shape index (κ3) is 5.11. The van der Waals surface area contributed by atoms with E-state index in [0.29, 0.717) is 30.3 Å². The zero-order chi connectivity index (χ0) is 20.9. The average molecular weight is 432 g/mol. The number of ether oxygens (including phenoxy) is 3. The lowest BCUT2D eigenvalue weighted by molar-refractivity contribution is 0.0885. The van der Waals surface area contributed by atoms with Gasteiger partial charge in [-0.25, -0.2) is 0 Å². The number of pyridine rings is 1. The summed E-state index contributed by atoms with van der Waals surface area (Å²) in [4.78, 5) is 17.7. The van der Waals surface area contributed by atoms with Crippen molar-refractivity contribution in [2.75, 3.05) is 33.4 Å². The van der Waals surface area contributed by atoms with Gasteiger partial charge < -0.3 is 29.4 Å². The van der Waals surface area contributed by atoms with Gasteiger partial charge >= 0.3 is 0 Å². The Kier molecular flexibility index (Phi) is 6.86. The van der Waals surface area contributed by atoms with Gasteiger partial charge in [0.25, 0.3) is 5.56 Å². The first-order valence-corrected chi connectivity index (χ1v) is 11.0. The molecule has 30 heavy (non-hydrogen) atoms. The summed E-state index contributed by atoms with van der Waals surface area (Å²) in [5, 5.41) is 4.90. The van der Waals surface area contributed by atoms with E-state index >= 15 is 0 Å². The molecule has 2 aliphatic heterocycles. The van der Waals surface area contributed by atoms with E-state index in [4.69, 9.17) is 26.4 Å². The number of hydrogen-bond acceptors (Lipinski definition) is 5. The summed E-state index contributed by atoms with van der Waals surface area (Å²) in [7, 11) is 1.63. The van der Waals surface area contributed by atoms with Gasteiger partial charge in [-0.3, -0.25) is 4.79 Å². The number of aromatic amines is 1. The van der Waals surface area contributed by atoms with E-state index in [9.17, 15) is 4.79 Å². The molecule has 0 aliphatic carbocycles. The second kappa shape index (κ2) is 9.76. The maximum atomic E-state index is 12.7. The second-order valence-electron chi connectivity index (χ2n) is 7.91. The smallest absolute Gasteiger partial charge is 0.253 e. The summed E-state index contributed by atoms with van der Waals surface area (Å²) in [5.74, 6) is 0.755. The number of rotatable bonds is 7. The van der Waals surface area contributed by atoms with Gasteiger partial charge in [-0.05, 0) is 62.2 Å². The first-order valence-electron chi connectivity index (χ1n) is 10.6. The molecular formula is C22H29N3O4S. The molecule has 8 heteroatoms. The van der Waals surface area contributed by atoms with Crippen LogP contribution >= 0.6 is 12.2 Å². The Balaban J connectivity index is 1.52. The standard InChI is InChI=1S/C22H29N3O4S/c1-27-17-6-7-20-15(11-17)10-16(21(26)24-20)13-25(14-19-5-3-9-29-19)22(30)23-12-18-4-2-8-28-18/h6-7,10-11,18-19H,2-5,8-9,12-14H2,1H3,(H,23,30)(H,24,26)/t18-,19-/m0/s1. The van der Waals surface area contributed by atoms with Gasteiger partial charge in [0.05, 0.1) is 25.9 Å². The third-order valence-corrected chi connectivity index (χ3v) is 6.13. The van der Waals surface area contributed by atoms with Gasteiger partial charge in [0, 0.05) is 42.8 Å². The van der Waals surface area contributed by atoms with E-state index in [1.54, 1.807) is 7.11 Å². The number of nitrogens with zero attached hydrogens (tertiary/aromatic N) is 1. The van der Waals surface area contributed by atoms with Crippen molar-refractivity contribution in [3.8, 4) is 5.75 Å². The number of hydrogen-bond donors (Lipinski definition) is 2. The number of thiocarbonyl (C=S) groups is 1. The Labute approximate surface area is 181 Å². The van der Waals surface area contributed by atoms with Gasteiger partial charge in [0.1, 0.15) is 5.75 Å². The van der Waals surface area contributed by atoms with Crippen LogP contribution in [0.15, 0.2) is 29.1 Å². The minimum absolute atomic E-state index is 0.105. The molecule has 162 valence electrons. The lowest BCUT2D eigenvalue weighted by Gasteiger charge is -2.28. The molecule has 2 atom stereocenters. The molecule has 2 fully saturated rings. The summed E-state index contributed by atoms with van der Waals surface area (Å²) in [6.45, 7) is 3.36. The Bertz CT molecular complexity index is 936. The fourth-order valence-corrected chi connectivity index (χ4v) is 4.27. The van der Waals surface area contributed by atoms with E-state index in [-0.39, 0.29) is 17.8 Å². The van der Waals surface area contributed by atoms with Crippen molar-refractivity contribution in [1.82, 2.24) is 15.2 Å². The van der Waals surface area contributed by atoms with Crippen molar-refractivity contribution in [2.45, 2.75) is 44.4 Å². The molecule has 0 bridgehead atoms. The Morgan fingerprint density at radius 3 is 2.70 bits per heavy atom. The molecule has 0 spiro atoms. The summed E-state index contributed by atoms with van der Waals surface area (Å²) >= 11 is 5.69. The number of fused-ring (bicyclic) bond motifs is 1. The van der Waals surface area contributed by atoms with Gasteiger partial charge in [-0.15, -0.1) is 0 Å². The number of nitrogens with one attached hydrogen (secondary N) is 2. The molecule has 0 radical (unpaired) electrons. The zero-order valence-electron chi connectivity index (χ0n) is 17.3. The largest absolute Gasteiger partial charge is 0.497 e. The predicted molar refractivity (Wildman–Crippen MR) is 120 cm³/mol. The molecule has 1 aromatic heterocycles. The van der Waals surface area contributed by atoms with Crippen LogP contribution in [0.25, 0.3) is 10.9 Å². The summed E-state index contributed by atoms with van der Waals surface area (Å²) in [6, 6.07) is 7.54. The van der Waals surface area contributed by atoms with Gasteiger partial charge in [-0.1, -0.05) is 0 Å². The lowest BCUT2D eigenvalue weighted by Crippen LogP contribution is -2.45. The summed E-state index contributed by atoms with van der Waals surface area (Å²) in [5.41, 5.74) is 1.34. The lowest BCUT2D eigenvalue weighted by atomic mass is 10.1. The highest BCUT2D eigenvalue weighted by Gasteiger charge is 2.23. The zero-order valence-corrected chi connectivity index (χ0v) is 18.1. The summed E-state index contributed by atoms with van der Waals surface area (Å²) in [6.07, 6.45) is 4.54. The van der Waals surface area contributed by atoms with Crippen molar-refractivity contribution >= 4 is 28.2 Å². The van der Waals surface area contributed by atoms with Crippen LogP contribution in [0, 0.1) is 0 Å². The van der Waals surface area contributed by atoms with Gasteiger partial charge in [-0.2, -0.15) is 0 Å². The maximum Gasteiger partial charge on any atom is 0.253 e. The molecule has 2 saturated heterocycles. The molecule has 0 unspecified atom stereocenters. The highest BCUT2D eigenvalue weighted by atomic mass is 32.1.